The average Bonchev–Trinajstić information content (AvgIpc) is 2.75. The predicted molar refractivity (Wildman–Crippen MR) is 67.8 cm³/mol. The number of thiophene rings is 1. The minimum Gasteiger partial charge on any atom is -0.397 e. The zero-order valence-electron chi connectivity index (χ0n) is 8.86. The number of rotatable bonds is 2. The van der Waals surface area contributed by atoms with E-state index in [0.29, 0.717) is 21.8 Å². The molecule has 0 unspecified atom stereocenters. The lowest BCUT2D eigenvalue weighted by molar-refractivity contribution is 0.104. The molecule has 3 nitrogen and oxygen atoms in total. The summed E-state index contributed by atoms with van der Waals surface area (Å²) in [4.78, 5) is 12.8. The van der Waals surface area contributed by atoms with Gasteiger partial charge in [-0.15, -0.1) is 11.3 Å². The first-order valence-electron chi connectivity index (χ1n) is 4.83. The van der Waals surface area contributed by atoms with Gasteiger partial charge in [0.25, 0.3) is 0 Å². The number of hydrogen-bond donors (Lipinski definition) is 2. The van der Waals surface area contributed by atoms with E-state index in [-0.39, 0.29) is 5.78 Å². The van der Waals surface area contributed by atoms with E-state index >= 15 is 0 Å². The molecule has 0 saturated carbocycles. The van der Waals surface area contributed by atoms with Gasteiger partial charge in [-0.05, 0) is 36.1 Å². The number of benzene rings is 1. The highest BCUT2D eigenvalue weighted by atomic mass is 32.1. The minimum atomic E-state index is -0.000741. The van der Waals surface area contributed by atoms with Crippen molar-refractivity contribution in [3.63, 3.8) is 0 Å². The van der Waals surface area contributed by atoms with Gasteiger partial charge in [-0.1, -0.05) is 6.07 Å². The van der Waals surface area contributed by atoms with Crippen molar-refractivity contribution < 1.29 is 4.79 Å². The van der Waals surface area contributed by atoms with Crippen molar-refractivity contribution in [2.24, 2.45) is 0 Å². The summed E-state index contributed by atoms with van der Waals surface area (Å²) in [6.45, 7) is 1.86. The van der Waals surface area contributed by atoms with Crippen molar-refractivity contribution in [3.8, 4) is 0 Å². The van der Waals surface area contributed by atoms with Crippen molar-refractivity contribution in [2.45, 2.75) is 6.92 Å². The molecule has 0 aliphatic rings. The Kier molecular flexibility index (Phi) is 2.66. The van der Waals surface area contributed by atoms with Crippen molar-refractivity contribution in [3.05, 3.63) is 45.6 Å². The Balaban J connectivity index is 2.49. The maximum atomic E-state index is 12.1. The van der Waals surface area contributed by atoms with Gasteiger partial charge in [-0.3, -0.25) is 4.79 Å². The smallest absolute Gasteiger partial charge is 0.203 e. The number of aryl methyl sites for hydroxylation is 1. The van der Waals surface area contributed by atoms with E-state index in [0.717, 1.165) is 5.56 Å². The lowest BCUT2D eigenvalue weighted by Crippen LogP contribution is -2.05. The lowest BCUT2D eigenvalue weighted by atomic mass is 10.0. The van der Waals surface area contributed by atoms with E-state index < -0.39 is 0 Å². The number of anilines is 2. The summed E-state index contributed by atoms with van der Waals surface area (Å²) in [6.07, 6.45) is 0. The summed E-state index contributed by atoms with van der Waals surface area (Å²) < 4.78 is 0. The number of hydrogen-bond acceptors (Lipinski definition) is 4. The van der Waals surface area contributed by atoms with Crippen LogP contribution in [0.4, 0.5) is 11.4 Å². The molecule has 0 fully saturated rings. The molecule has 0 aliphatic carbocycles. The van der Waals surface area contributed by atoms with Crippen LogP contribution in [0.25, 0.3) is 0 Å². The minimum absolute atomic E-state index is 0.000741. The number of nitrogens with two attached hydrogens (primary N) is 2. The van der Waals surface area contributed by atoms with E-state index in [2.05, 4.69) is 0 Å². The highest BCUT2D eigenvalue weighted by molar-refractivity contribution is 7.12. The van der Waals surface area contributed by atoms with Crippen molar-refractivity contribution >= 4 is 28.5 Å². The Morgan fingerprint density at radius 1 is 1.25 bits per heavy atom. The summed E-state index contributed by atoms with van der Waals surface area (Å²) >= 11 is 1.42. The van der Waals surface area contributed by atoms with Crippen LogP contribution in [-0.4, -0.2) is 5.78 Å². The normalized spacial score (nSPS) is 10.3. The Hall–Kier alpha value is -1.81. The fourth-order valence-electron chi connectivity index (χ4n) is 1.53. The van der Waals surface area contributed by atoms with Gasteiger partial charge in [-0.25, -0.2) is 0 Å². The van der Waals surface area contributed by atoms with Gasteiger partial charge in [0, 0.05) is 5.56 Å². The second-order valence-corrected chi connectivity index (χ2v) is 4.55. The predicted octanol–water partition coefficient (Wildman–Crippen LogP) is 2.45. The van der Waals surface area contributed by atoms with Crippen LogP contribution in [0.1, 0.15) is 20.8 Å². The average molecular weight is 232 g/mol. The first-order valence-corrected chi connectivity index (χ1v) is 5.71. The molecule has 4 N–H and O–H groups in total. The molecule has 1 aromatic carbocycles. The first kappa shape index (κ1) is 10.7. The summed E-state index contributed by atoms with van der Waals surface area (Å²) in [6, 6.07) is 7.04. The van der Waals surface area contributed by atoms with E-state index in [1.54, 1.807) is 18.2 Å². The standard InChI is InChI=1S/C12H12N2OS/c1-7-5-9(13)10(14)6-8(7)12(15)11-3-2-4-16-11/h2-6H,13-14H2,1H3. The zero-order chi connectivity index (χ0) is 11.7. The van der Waals surface area contributed by atoms with Crippen LogP contribution in [0.15, 0.2) is 29.6 Å². The van der Waals surface area contributed by atoms with Gasteiger partial charge in [0.15, 0.2) is 0 Å². The molecule has 0 atom stereocenters. The fraction of sp³-hybridized carbons (Fsp3) is 0.0833. The van der Waals surface area contributed by atoms with E-state index in [1.807, 2.05) is 18.4 Å². The maximum absolute atomic E-state index is 12.1. The Bertz CT molecular complexity index is 532. The topological polar surface area (TPSA) is 69.1 Å². The van der Waals surface area contributed by atoms with Gasteiger partial charge >= 0.3 is 0 Å². The molecular weight excluding hydrogens is 220 g/mol. The van der Waals surface area contributed by atoms with Crippen LogP contribution in [-0.2, 0) is 0 Å². The quantitative estimate of drug-likeness (QED) is 0.617. The SMILES string of the molecule is Cc1cc(N)c(N)cc1C(=O)c1cccs1. The highest BCUT2D eigenvalue weighted by Crippen LogP contribution is 2.24. The number of carbonyl (C=O) groups is 1. The van der Waals surface area contributed by atoms with E-state index in [4.69, 9.17) is 11.5 Å². The molecule has 0 radical (unpaired) electrons. The van der Waals surface area contributed by atoms with Crippen LogP contribution >= 0.6 is 11.3 Å². The highest BCUT2D eigenvalue weighted by Gasteiger charge is 2.14. The fourth-order valence-corrected chi connectivity index (χ4v) is 2.21. The first-order chi connectivity index (χ1) is 7.59. The lowest BCUT2D eigenvalue weighted by Gasteiger charge is -2.07. The van der Waals surface area contributed by atoms with Crippen molar-refractivity contribution in [2.75, 3.05) is 11.5 Å². The molecule has 0 amide bonds. The van der Waals surface area contributed by atoms with Crippen LogP contribution in [0.2, 0.25) is 0 Å². The van der Waals surface area contributed by atoms with E-state index in [1.165, 1.54) is 11.3 Å². The van der Waals surface area contributed by atoms with Crippen LogP contribution in [0.3, 0.4) is 0 Å². The van der Waals surface area contributed by atoms with Crippen LogP contribution in [0, 0.1) is 6.92 Å². The Morgan fingerprint density at radius 2 is 1.94 bits per heavy atom. The Labute approximate surface area is 97.7 Å². The molecule has 4 heteroatoms. The third-order valence-electron chi connectivity index (χ3n) is 2.42. The molecule has 1 heterocycles. The van der Waals surface area contributed by atoms with Gasteiger partial charge in [0.1, 0.15) is 0 Å². The van der Waals surface area contributed by atoms with Gasteiger partial charge in [-0.2, -0.15) is 0 Å². The summed E-state index contributed by atoms with van der Waals surface area (Å²) in [7, 11) is 0. The molecule has 2 rings (SSSR count). The van der Waals surface area contributed by atoms with Crippen LogP contribution in [0.5, 0.6) is 0 Å². The third-order valence-corrected chi connectivity index (χ3v) is 3.29. The zero-order valence-corrected chi connectivity index (χ0v) is 9.67. The second kappa shape index (κ2) is 3.98. The molecular formula is C12H12N2OS. The molecule has 1 aromatic heterocycles. The third kappa shape index (κ3) is 1.79. The van der Waals surface area contributed by atoms with E-state index in [9.17, 15) is 4.79 Å². The van der Waals surface area contributed by atoms with Crippen molar-refractivity contribution in [1.82, 2.24) is 0 Å². The second-order valence-electron chi connectivity index (χ2n) is 3.60. The molecule has 82 valence electrons. The number of carbonyl (C=O) groups excluding carboxylic acids is 1. The molecule has 2 aromatic rings. The molecule has 0 spiro atoms. The Morgan fingerprint density at radius 3 is 2.56 bits per heavy atom. The largest absolute Gasteiger partial charge is 0.397 e. The van der Waals surface area contributed by atoms with Gasteiger partial charge in [0.05, 0.1) is 16.3 Å². The number of nitrogen functional groups attached to an aromatic ring is 2. The molecule has 0 bridgehead atoms. The van der Waals surface area contributed by atoms with Crippen LogP contribution < -0.4 is 11.5 Å². The molecule has 0 aliphatic heterocycles. The maximum Gasteiger partial charge on any atom is 0.203 e. The number of ketones is 1. The molecule has 16 heavy (non-hydrogen) atoms. The summed E-state index contributed by atoms with van der Waals surface area (Å²) in [5.41, 5.74) is 13.8. The van der Waals surface area contributed by atoms with Gasteiger partial charge in [0.2, 0.25) is 5.78 Å². The summed E-state index contributed by atoms with van der Waals surface area (Å²) in [5.74, 6) is -0.000741. The van der Waals surface area contributed by atoms with Gasteiger partial charge < -0.3 is 11.5 Å². The molecule has 0 saturated heterocycles. The summed E-state index contributed by atoms with van der Waals surface area (Å²) in [5, 5.41) is 1.88. The van der Waals surface area contributed by atoms with Crippen molar-refractivity contribution in [1.29, 1.82) is 0 Å². The monoisotopic (exact) mass is 232 g/mol.